The van der Waals surface area contributed by atoms with Crippen LogP contribution in [0.1, 0.15) is 21.5 Å². The maximum Gasteiger partial charge on any atom is 0.254 e. The van der Waals surface area contributed by atoms with Gasteiger partial charge in [0.05, 0.1) is 0 Å². The quantitative estimate of drug-likeness (QED) is 0.844. The van der Waals surface area contributed by atoms with Gasteiger partial charge in [0, 0.05) is 37.4 Å². The molecular weight excluding hydrogens is 316 g/mol. The number of amides is 1. The van der Waals surface area contributed by atoms with Crippen LogP contribution in [0, 0.1) is 13.8 Å². The van der Waals surface area contributed by atoms with Crippen molar-refractivity contribution in [3.05, 3.63) is 53.1 Å². The average molecular weight is 338 g/mol. The second-order valence-corrected chi connectivity index (χ2v) is 6.57. The number of aryl methyl sites for hydroxylation is 1. The summed E-state index contributed by atoms with van der Waals surface area (Å²) in [5.74, 6) is 1.41. The summed E-state index contributed by atoms with van der Waals surface area (Å²) < 4.78 is 10.7. The number of nitrogens with zero attached hydrogens (tertiary/aromatic N) is 2. The average Bonchev–Trinajstić information content (AvgIpc) is 3.11. The zero-order valence-electron chi connectivity index (χ0n) is 14.6. The molecule has 1 fully saturated rings. The van der Waals surface area contributed by atoms with Crippen LogP contribution in [0.5, 0.6) is 11.5 Å². The number of ether oxygens (including phenoxy) is 2. The van der Waals surface area contributed by atoms with E-state index in [0.29, 0.717) is 17.1 Å². The minimum atomic E-state index is 0.0546. The SMILES string of the molecule is Cc1cccc(N2CCN(C(=O)c3ccc4c(c3)OCO4)CC2)c1C. The standard InChI is InChI=1S/C20H22N2O3/c1-14-4-3-5-17(15(14)2)21-8-10-22(11-9-21)20(23)16-6-7-18-19(12-16)25-13-24-18/h3-7,12H,8-11,13H2,1-2H3. The molecule has 4 rings (SSSR count). The van der Waals surface area contributed by atoms with Crippen LogP contribution in [-0.2, 0) is 0 Å². The maximum absolute atomic E-state index is 12.8. The molecule has 0 spiro atoms. The molecule has 0 atom stereocenters. The van der Waals surface area contributed by atoms with Gasteiger partial charge >= 0.3 is 0 Å². The van der Waals surface area contributed by atoms with Gasteiger partial charge in [-0.2, -0.15) is 0 Å². The topological polar surface area (TPSA) is 42.0 Å². The highest BCUT2D eigenvalue weighted by Gasteiger charge is 2.24. The number of hydrogen-bond acceptors (Lipinski definition) is 4. The van der Waals surface area contributed by atoms with Gasteiger partial charge in [0.25, 0.3) is 5.91 Å². The highest BCUT2D eigenvalue weighted by atomic mass is 16.7. The summed E-state index contributed by atoms with van der Waals surface area (Å²) in [5, 5.41) is 0. The molecule has 25 heavy (non-hydrogen) atoms. The summed E-state index contributed by atoms with van der Waals surface area (Å²) in [6.45, 7) is 7.66. The zero-order chi connectivity index (χ0) is 17.4. The molecule has 0 N–H and O–H groups in total. The van der Waals surface area contributed by atoms with E-state index in [0.717, 1.165) is 26.2 Å². The molecule has 2 aliphatic heterocycles. The molecule has 2 heterocycles. The van der Waals surface area contributed by atoms with E-state index in [9.17, 15) is 4.79 Å². The largest absolute Gasteiger partial charge is 0.454 e. The molecule has 130 valence electrons. The fourth-order valence-corrected chi connectivity index (χ4v) is 3.44. The van der Waals surface area contributed by atoms with Gasteiger partial charge in [-0.25, -0.2) is 0 Å². The van der Waals surface area contributed by atoms with Gasteiger partial charge in [-0.3, -0.25) is 4.79 Å². The molecule has 0 aromatic heterocycles. The first-order chi connectivity index (χ1) is 12.1. The van der Waals surface area contributed by atoms with Gasteiger partial charge in [-0.15, -0.1) is 0 Å². The molecule has 2 aliphatic rings. The molecule has 1 amide bonds. The molecule has 2 aromatic carbocycles. The maximum atomic E-state index is 12.8. The van der Waals surface area contributed by atoms with E-state index in [1.807, 2.05) is 17.0 Å². The number of hydrogen-bond donors (Lipinski definition) is 0. The molecular formula is C20H22N2O3. The van der Waals surface area contributed by atoms with E-state index in [4.69, 9.17) is 9.47 Å². The van der Waals surface area contributed by atoms with E-state index in [-0.39, 0.29) is 12.7 Å². The summed E-state index contributed by atoms with van der Waals surface area (Å²) in [6, 6.07) is 11.8. The van der Waals surface area contributed by atoms with E-state index in [1.165, 1.54) is 16.8 Å². The molecule has 5 nitrogen and oxygen atoms in total. The first kappa shape index (κ1) is 15.8. The van der Waals surface area contributed by atoms with Crippen LogP contribution in [0.4, 0.5) is 5.69 Å². The summed E-state index contributed by atoms with van der Waals surface area (Å²) in [5.41, 5.74) is 4.55. The Hall–Kier alpha value is -2.69. The number of piperazine rings is 1. The van der Waals surface area contributed by atoms with Crippen LogP contribution in [0.15, 0.2) is 36.4 Å². The van der Waals surface area contributed by atoms with Gasteiger partial charge in [0.15, 0.2) is 11.5 Å². The molecule has 1 saturated heterocycles. The zero-order valence-corrected chi connectivity index (χ0v) is 14.6. The van der Waals surface area contributed by atoms with E-state index in [2.05, 4.69) is 36.9 Å². The lowest BCUT2D eigenvalue weighted by molar-refractivity contribution is 0.0746. The van der Waals surface area contributed by atoms with Crippen LogP contribution in [0.2, 0.25) is 0 Å². The van der Waals surface area contributed by atoms with Gasteiger partial charge in [-0.05, 0) is 49.2 Å². The van der Waals surface area contributed by atoms with Crippen molar-refractivity contribution in [1.29, 1.82) is 0 Å². The Kier molecular flexibility index (Phi) is 3.99. The lowest BCUT2D eigenvalue weighted by Gasteiger charge is -2.37. The second kappa shape index (κ2) is 6.31. The summed E-state index contributed by atoms with van der Waals surface area (Å²) in [7, 11) is 0. The van der Waals surface area contributed by atoms with Crippen molar-refractivity contribution in [3.8, 4) is 11.5 Å². The van der Waals surface area contributed by atoms with Crippen LogP contribution in [0.25, 0.3) is 0 Å². The van der Waals surface area contributed by atoms with E-state index in [1.54, 1.807) is 6.07 Å². The molecule has 0 aliphatic carbocycles. The van der Waals surface area contributed by atoms with Crippen molar-refractivity contribution in [2.24, 2.45) is 0 Å². The summed E-state index contributed by atoms with van der Waals surface area (Å²) >= 11 is 0. The van der Waals surface area contributed by atoms with Crippen LogP contribution in [-0.4, -0.2) is 43.8 Å². The number of fused-ring (bicyclic) bond motifs is 1. The Morgan fingerprint density at radius 3 is 2.52 bits per heavy atom. The van der Waals surface area contributed by atoms with E-state index < -0.39 is 0 Å². The highest BCUT2D eigenvalue weighted by Crippen LogP contribution is 2.33. The number of carbonyl (C=O) groups is 1. The van der Waals surface area contributed by atoms with Crippen molar-refractivity contribution in [2.45, 2.75) is 13.8 Å². The third kappa shape index (κ3) is 2.90. The first-order valence-electron chi connectivity index (χ1n) is 8.63. The number of carbonyl (C=O) groups excluding carboxylic acids is 1. The molecule has 0 bridgehead atoms. The third-order valence-corrected chi connectivity index (χ3v) is 5.10. The van der Waals surface area contributed by atoms with E-state index >= 15 is 0 Å². The number of anilines is 1. The summed E-state index contributed by atoms with van der Waals surface area (Å²) in [6.07, 6.45) is 0. The molecule has 0 radical (unpaired) electrons. The summed E-state index contributed by atoms with van der Waals surface area (Å²) in [4.78, 5) is 17.1. The lowest BCUT2D eigenvalue weighted by Crippen LogP contribution is -2.49. The highest BCUT2D eigenvalue weighted by molar-refractivity contribution is 5.95. The Bertz CT molecular complexity index is 811. The fraction of sp³-hybridized carbons (Fsp3) is 0.350. The minimum Gasteiger partial charge on any atom is -0.454 e. The van der Waals surface area contributed by atoms with Gasteiger partial charge in [0.2, 0.25) is 6.79 Å². The molecule has 0 unspecified atom stereocenters. The first-order valence-corrected chi connectivity index (χ1v) is 8.63. The second-order valence-electron chi connectivity index (χ2n) is 6.57. The van der Waals surface area contributed by atoms with Crippen molar-refractivity contribution in [3.63, 3.8) is 0 Å². The van der Waals surface area contributed by atoms with Gasteiger partial charge in [0.1, 0.15) is 0 Å². The number of rotatable bonds is 2. The smallest absolute Gasteiger partial charge is 0.254 e. The normalized spacial score (nSPS) is 16.2. The third-order valence-electron chi connectivity index (χ3n) is 5.10. The van der Waals surface area contributed by atoms with Crippen molar-refractivity contribution in [1.82, 2.24) is 4.90 Å². The molecule has 0 saturated carbocycles. The molecule has 5 heteroatoms. The Morgan fingerprint density at radius 1 is 0.960 bits per heavy atom. The lowest BCUT2D eigenvalue weighted by atomic mass is 10.1. The van der Waals surface area contributed by atoms with Crippen LogP contribution >= 0.6 is 0 Å². The van der Waals surface area contributed by atoms with Crippen LogP contribution < -0.4 is 14.4 Å². The number of benzene rings is 2. The van der Waals surface area contributed by atoms with Crippen LogP contribution in [0.3, 0.4) is 0 Å². The Morgan fingerprint density at radius 2 is 1.72 bits per heavy atom. The van der Waals surface area contributed by atoms with Gasteiger partial charge in [-0.1, -0.05) is 12.1 Å². The van der Waals surface area contributed by atoms with Crippen molar-refractivity contribution in [2.75, 3.05) is 37.9 Å². The minimum absolute atomic E-state index is 0.0546. The predicted octanol–water partition coefficient (Wildman–Crippen LogP) is 2.99. The monoisotopic (exact) mass is 338 g/mol. The predicted molar refractivity (Wildman–Crippen MR) is 96.6 cm³/mol. The van der Waals surface area contributed by atoms with Crippen molar-refractivity contribution >= 4 is 11.6 Å². The fourth-order valence-electron chi connectivity index (χ4n) is 3.44. The molecule has 2 aromatic rings. The Labute approximate surface area is 147 Å². The Balaban J connectivity index is 1.45. The van der Waals surface area contributed by atoms with Crippen molar-refractivity contribution < 1.29 is 14.3 Å². The van der Waals surface area contributed by atoms with Gasteiger partial charge < -0.3 is 19.3 Å².